The van der Waals surface area contributed by atoms with Gasteiger partial charge in [-0.1, -0.05) is 48.0 Å². The molecular formula is C14H12Cl2Hf-2. The molecule has 3 rings (SSSR count). The maximum atomic E-state index is 2.29. The molecule has 2 aromatic carbocycles. The zero-order valence-corrected chi connectivity index (χ0v) is 14.6. The molecule has 0 nitrogen and oxygen atoms in total. The summed E-state index contributed by atoms with van der Waals surface area (Å²) in [5, 5.41) is 2.77. The van der Waals surface area contributed by atoms with Crippen LogP contribution in [0.2, 0.25) is 0 Å². The third-order valence-electron chi connectivity index (χ3n) is 2.93. The van der Waals surface area contributed by atoms with E-state index in [2.05, 4.69) is 49.4 Å². The largest absolute Gasteiger partial charge is 1.00 e. The first-order valence-electron chi connectivity index (χ1n) is 5.02. The van der Waals surface area contributed by atoms with E-state index in [1.807, 2.05) is 0 Å². The summed E-state index contributed by atoms with van der Waals surface area (Å²) in [6, 6.07) is 13.1. The van der Waals surface area contributed by atoms with Crippen molar-refractivity contribution < 1.29 is 50.7 Å². The second-order valence-electron chi connectivity index (χ2n) is 4.02. The van der Waals surface area contributed by atoms with Crippen molar-refractivity contribution in [1.29, 1.82) is 0 Å². The Bertz CT molecular complexity index is 547. The van der Waals surface area contributed by atoms with Gasteiger partial charge in [0.1, 0.15) is 0 Å². The van der Waals surface area contributed by atoms with Crippen LogP contribution in [-0.2, 0) is 32.3 Å². The summed E-state index contributed by atoms with van der Waals surface area (Å²) in [7, 11) is 0. The molecule has 1 aliphatic carbocycles. The first kappa shape index (κ1) is 16.9. The van der Waals surface area contributed by atoms with Crippen molar-refractivity contribution in [2.24, 2.45) is 0 Å². The van der Waals surface area contributed by atoms with E-state index in [1.165, 1.54) is 27.5 Å². The quantitative estimate of drug-likeness (QED) is 0.417. The van der Waals surface area contributed by atoms with Crippen LogP contribution in [0.4, 0.5) is 0 Å². The summed E-state index contributed by atoms with van der Waals surface area (Å²) in [6.45, 7) is 2.20. The summed E-state index contributed by atoms with van der Waals surface area (Å²) < 4.78 is 0. The molecule has 0 heterocycles. The van der Waals surface area contributed by atoms with Gasteiger partial charge >= 0.3 is 0 Å². The Morgan fingerprint density at radius 2 is 1.65 bits per heavy atom. The molecule has 0 fully saturated rings. The summed E-state index contributed by atoms with van der Waals surface area (Å²) in [4.78, 5) is 0. The Kier molecular flexibility index (Phi) is 6.68. The topological polar surface area (TPSA) is 0 Å². The van der Waals surface area contributed by atoms with Crippen molar-refractivity contribution in [1.82, 2.24) is 0 Å². The maximum absolute atomic E-state index is 2.29. The Balaban J connectivity index is 0.000000853. The molecule has 0 amide bonds. The molecule has 0 aliphatic heterocycles. The van der Waals surface area contributed by atoms with E-state index in [9.17, 15) is 0 Å². The van der Waals surface area contributed by atoms with Gasteiger partial charge in [-0.3, -0.25) is 0 Å². The average Bonchev–Trinajstić information content (AvgIpc) is 2.59. The molecule has 0 aromatic heterocycles. The minimum Gasteiger partial charge on any atom is -1.00 e. The number of benzene rings is 2. The molecule has 0 N–H and O–H groups in total. The fourth-order valence-electron chi connectivity index (χ4n) is 2.28. The fourth-order valence-corrected chi connectivity index (χ4v) is 2.28. The van der Waals surface area contributed by atoms with Crippen LogP contribution in [0, 0.1) is 0 Å². The minimum atomic E-state index is 0. The van der Waals surface area contributed by atoms with Gasteiger partial charge < -0.3 is 24.8 Å². The van der Waals surface area contributed by atoms with Gasteiger partial charge in [0.15, 0.2) is 0 Å². The van der Waals surface area contributed by atoms with Crippen LogP contribution in [0.1, 0.15) is 18.1 Å². The molecule has 0 bridgehead atoms. The summed E-state index contributed by atoms with van der Waals surface area (Å²) >= 11 is 0. The number of allylic oxidation sites excluding steroid dienone is 1. The molecule has 17 heavy (non-hydrogen) atoms. The minimum absolute atomic E-state index is 0. The number of hydrogen-bond donors (Lipinski definition) is 0. The van der Waals surface area contributed by atoms with Gasteiger partial charge in [-0.2, -0.15) is 0 Å². The van der Waals surface area contributed by atoms with Gasteiger partial charge in [0.05, 0.1) is 0 Å². The van der Waals surface area contributed by atoms with Crippen LogP contribution in [0.25, 0.3) is 16.8 Å². The first-order valence-corrected chi connectivity index (χ1v) is 5.02. The van der Waals surface area contributed by atoms with Gasteiger partial charge in [-0.25, -0.2) is 0 Å². The van der Waals surface area contributed by atoms with E-state index in [0.29, 0.717) is 0 Å². The van der Waals surface area contributed by atoms with E-state index in [1.54, 1.807) is 0 Å². The van der Waals surface area contributed by atoms with Crippen LogP contribution in [0.3, 0.4) is 0 Å². The van der Waals surface area contributed by atoms with Crippen molar-refractivity contribution >= 4 is 16.8 Å². The number of halogens is 2. The molecule has 88 valence electrons. The van der Waals surface area contributed by atoms with Crippen molar-refractivity contribution in [2.45, 2.75) is 13.3 Å². The second-order valence-corrected chi connectivity index (χ2v) is 4.02. The maximum Gasteiger partial charge on any atom is 0 e. The molecule has 3 heteroatoms. The van der Waals surface area contributed by atoms with Crippen LogP contribution in [0.15, 0.2) is 42.0 Å². The van der Waals surface area contributed by atoms with Gasteiger partial charge in [0.25, 0.3) is 0 Å². The van der Waals surface area contributed by atoms with Gasteiger partial charge in [-0.15, -0.1) is 0 Å². The molecule has 0 saturated carbocycles. The van der Waals surface area contributed by atoms with Crippen LogP contribution in [0.5, 0.6) is 0 Å². The van der Waals surface area contributed by atoms with Crippen molar-refractivity contribution in [2.75, 3.05) is 0 Å². The molecule has 0 atom stereocenters. The van der Waals surface area contributed by atoms with Gasteiger partial charge in [0.2, 0.25) is 0 Å². The van der Waals surface area contributed by atoms with Crippen molar-refractivity contribution in [3.8, 4) is 0 Å². The normalized spacial score (nSPS) is 11.7. The Labute approximate surface area is 133 Å². The van der Waals surface area contributed by atoms with E-state index < -0.39 is 0 Å². The third kappa shape index (κ3) is 3.01. The zero-order chi connectivity index (χ0) is 9.54. The smallest absolute Gasteiger partial charge is 0 e. The zero-order valence-electron chi connectivity index (χ0n) is 9.50. The average molecular weight is 430 g/mol. The molecular weight excluding hydrogens is 418 g/mol. The Morgan fingerprint density at radius 1 is 0.941 bits per heavy atom. The number of hydrogen-bond acceptors (Lipinski definition) is 0. The van der Waals surface area contributed by atoms with Crippen LogP contribution in [-0.4, -0.2) is 0 Å². The van der Waals surface area contributed by atoms with E-state index in [0.717, 1.165) is 6.42 Å². The van der Waals surface area contributed by atoms with E-state index >= 15 is 0 Å². The summed E-state index contributed by atoms with van der Waals surface area (Å²) in [6.07, 6.45) is 3.42. The molecule has 2 aromatic rings. The SMILES string of the molecule is CC1=Cc2ccc3ccccc3c2C1.[Cl-].[Cl-].[Hf]. The Morgan fingerprint density at radius 3 is 2.41 bits per heavy atom. The van der Waals surface area contributed by atoms with Crippen molar-refractivity contribution in [3.05, 3.63) is 53.1 Å². The van der Waals surface area contributed by atoms with Crippen LogP contribution < -0.4 is 24.8 Å². The predicted molar refractivity (Wildman–Crippen MR) is 61.3 cm³/mol. The fraction of sp³-hybridized carbons (Fsp3) is 0.143. The predicted octanol–water partition coefficient (Wildman–Crippen LogP) is -2.20. The molecule has 0 radical (unpaired) electrons. The second kappa shape index (κ2) is 6.72. The van der Waals surface area contributed by atoms with E-state index in [-0.39, 0.29) is 50.7 Å². The molecule has 0 saturated heterocycles. The number of fused-ring (bicyclic) bond motifs is 3. The van der Waals surface area contributed by atoms with Gasteiger partial charge in [-0.05, 0) is 35.2 Å². The van der Waals surface area contributed by atoms with Crippen molar-refractivity contribution in [3.63, 3.8) is 0 Å². The number of rotatable bonds is 0. The van der Waals surface area contributed by atoms with Crippen LogP contribution >= 0.6 is 0 Å². The monoisotopic (exact) mass is 430 g/mol. The Hall–Kier alpha value is -0.110. The van der Waals surface area contributed by atoms with E-state index in [4.69, 9.17) is 0 Å². The third-order valence-corrected chi connectivity index (χ3v) is 2.93. The summed E-state index contributed by atoms with van der Waals surface area (Å²) in [5.74, 6) is 0. The first-order chi connectivity index (χ1) is 6.84. The standard InChI is InChI=1S/C14H12.2ClH.Hf/c1-10-8-12-7-6-11-4-2-3-5-13(11)14(12)9-10;;;/h2-8H,9H2,1H3;2*1H;/p-2. The summed E-state index contributed by atoms with van der Waals surface area (Å²) in [5.41, 5.74) is 4.37. The van der Waals surface area contributed by atoms with Gasteiger partial charge in [0, 0.05) is 25.8 Å². The molecule has 0 unspecified atom stereocenters. The molecule has 1 aliphatic rings. The molecule has 0 spiro atoms.